The molecular weight excluding hydrogens is 713 g/mol. The molecule has 0 heterocycles. The summed E-state index contributed by atoms with van der Waals surface area (Å²) in [6.45, 7) is 7.08. The van der Waals surface area contributed by atoms with Gasteiger partial charge in [-0.05, 0) is 46.9 Å². The molecule has 0 aliphatic carbocycles. The van der Waals surface area contributed by atoms with Crippen molar-refractivity contribution in [1.29, 1.82) is 0 Å². The summed E-state index contributed by atoms with van der Waals surface area (Å²) in [7, 11) is 0. The first-order chi connectivity index (χ1) is 26.9. The van der Waals surface area contributed by atoms with Crippen molar-refractivity contribution in [2.45, 2.75) is 90.1 Å². The van der Waals surface area contributed by atoms with Gasteiger partial charge in [0.25, 0.3) is 0 Å². The molecule has 6 N–H and O–H groups in total. The molecule has 0 aliphatic rings. The Morgan fingerprint density at radius 3 is 1.04 bits per heavy atom. The highest BCUT2D eigenvalue weighted by Crippen LogP contribution is 2.17. The third-order valence-electron chi connectivity index (χ3n) is 9.30. The largest absolute Gasteiger partial charge is 0.445 e. The Hall–Kier alpha value is -5.72. The van der Waals surface area contributed by atoms with Crippen LogP contribution in [-0.2, 0) is 45.1 Å². The maximum absolute atomic E-state index is 13.9. The summed E-state index contributed by atoms with van der Waals surface area (Å²) in [5, 5.41) is 34.9. The molecule has 298 valence electrons. The number of nitrogens with one attached hydrogen (secondary N) is 4. The minimum Gasteiger partial charge on any atom is -0.445 e. The van der Waals surface area contributed by atoms with Crippen LogP contribution in [0.25, 0.3) is 0 Å². The van der Waals surface area contributed by atoms with Gasteiger partial charge in [-0.3, -0.25) is 9.59 Å². The molecule has 4 unspecified atom stereocenters. The van der Waals surface area contributed by atoms with Gasteiger partial charge in [0.05, 0.1) is 12.1 Å². The SMILES string of the molecule is CC(C)[C@H](NC(=O)OCc1ccccc1)C(=O)NC(Cc1ccccc1)C(O)C(O)C(Cc1ccccc1)NC(=O)[C@@H](NC(=O)OCc1ccccc1)C(C)C. The van der Waals surface area contributed by atoms with Gasteiger partial charge >= 0.3 is 12.2 Å². The van der Waals surface area contributed by atoms with E-state index in [1.807, 2.05) is 121 Å². The Balaban J connectivity index is 1.53. The van der Waals surface area contributed by atoms with Crippen LogP contribution in [0.3, 0.4) is 0 Å². The van der Waals surface area contributed by atoms with Crippen molar-refractivity contribution >= 4 is 24.0 Å². The number of amides is 4. The number of aliphatic hydroxyl groups is 2. The van der Waals surface area contributed by atoms with Crippen LogP contribution in [0.15, 0.2) is 121 Å². The fourth-order valence-electron chi connectivity index (χ4n) is 6.12. The summed E-state index contributed by atoms with van der Waals surface area (Å²) in [5.41, 5.74) is 3.09. The Morgan fingerprint density at radius 2 is 0.750 bits per heavy atom. The highest BCUT2D eigenvalue weighted by Gasteiger charge is 2.37. The molecule has 12 heteroatoms. The number of benzene rings is 4. The molecule has 56 heavy (non-hydrogen) atoms. The molecule has 0 aromatic heterocycles. The predicted octanol–water partition coefficient (Wildman–Crippen LogP) is 5.07. The normalized spacial score (nSPS) is 14.4. The van der Waals surface area contributed by atoms with E-state index in [0.717, 1.165) is 22.3 Å². The van der Waals surface area contributed by atoms with Crippen molar-refractivity contribution in [3.63, 3.8) is 0 Å². The molecule has 4 amide bonds. The van der Waals surface area contributed by atoms with Crippen LogP contribution in [0.1, 0.15) is 49.9 Å². The molecule has 0 saturated carbocycles. The number of carbonyl (C=O) groups excluding carboxylic acids is 4. The van der Waals surface area contributed by atoms with Crippen molar-refractivity contribution in [3.8, 4) is 0 Å². The van der Waals surface area contributed by atoms with Crippen LogP contribution in [0.2, 0.25) is 0 Å². The van der Waals surface area contributed by atoms with Crippen LogP contribution in [0, 0.1) is 11.8 Å². The Kier molecular flexibility index (Phi) is 16.9. The summed E-state index contributed by atoms with van der Waals surface area (Å²) in [5.74, 6) is -1.93. The molecule has 4 aromatic rings. The number of hydrogen-bond acceptors (Lipinski definition) is 8. The number of alkyl carbamates (subject to hydrolysis) is 2. The fraction of sp³-hybridized carbons (Fsp3) is 0.364. The number of carbonyl (C=O) groups is 4. The van der Waals surface area contributed by atoms with Gasteiger partial charge in [0, 0.05) is 0 Å². The smallest absolute Gasteiger partial charge is 0.408 e. The van der Waals surface area contributed by atoms with Crippen molar-refractivity contribution in [2.24, 2.45) is 11.8 Å². The lowest BCUT2D eigenvalue weighted by atomic mass is 9.90. The van der Waals surface area contributed by atoms with Crippen LogP contribution in [0.5, 0.6) is 0 Å². The summed E-state index contributed by atoms with van der Waals surface area (Å²) >= 11 is 0. The molecule has 0 aliphatic heterocycles. The van der Waals surface area contributed by atoms with Crippen molar-refractivity contribution in [3.05, 3.63) is 144 Å². The summed E-state index contributed by atoms with van der Waals surface area (Å²) in [4.78, 5) is 53.4. The maximum atomic E-state index is 13.9. The first-order valence-electron chi connectivity index (χ1n) is 18.9. The second-order valence-electron chi connectivity index (χ2n) is 14.4. The molecule has 0 bridgehead atoms. The van der Waals surface area contributed by atoms with Crippen LogP contribution >= 0.6 is 0 Å². The first-order valence-corrected chi connectivity index (χ1v) is 18.9. The van der Waals surface area contributed by atoms with E-state index in [4.69, 9.17) is 9.47 Å². The van der Waals surface area contributed by atoms with E-state index in [0.29, 0.717) is 0 Å². The lowest BCUT2D eigenvalue weighted by Gasteiger charge is -2.35. The number of ether oxygens (including phenoxy) is 2. The van der Waals surface area contributed by atoms with E-state index in [1.54, 1.807) is 27.7 Å². The van der Waals surface area contributed by atoms with E-state index < -0.39 is 60.4 Å². The number of aliphatic hydroxyl groups excluding tert-OH is 2. The summed E-state index contributed by atoms with van der Waals surface area (Å²) in [6, 6.07) is 32.3. The van der Waals surface area contributed by atoms with Gasteiger partial charge in [0.2, 0.25) is 11.8 Å². The molecule has 0 radical (unpaired) electrons. The van der Waals surface area contributed by atoms with E-state index in [-0.39, 0.29) is 37.9 Å². The average Bonchev–Trinajstić information content (AvgIpc) is 3.20. The van der Waals surface area contributed by atoms with Gasteiger partial charge in [0.15, 0.2) is 0 Å². The topological polar surface area (TPSA) is 175 Å². The van der Waals surface area contributed by atoms with Gasteiger partial charge in [-0.25, -0.2) is 9.59 Å². The molecule has 4 rings (SSSR count). The summed E-state index contributed by atoms with van der Waals surface area (Å²) in [6.07, 6.45) is -4.55. The molecule has 0 fully saturated rings. The van der Waals surface area contributed by atoms with Gasteiger partial charge in [-0.15, -0.1) is 0 Å². The zero-order valence-corrected chi connectivity index (χ0v) is 32.3. The van der Waals surface area contributed by atoms with E-state index in [2.05, 4.69) is 21.3 Å². The highest BCUT2D eigenvalue weighted by molar-refractivity contribution is 5.87. The Labute approximate surface area is 329 Å². The Morgan fingerprint density at radius 1 is 0.464 bits per heavy atom. The minimum absolute atomic E-state index is 0.0111. The zero-order chi connectivity index (χ0) is 40.5. The standard InChI is InChI=1S/C44H54N4O8/c1-29(2)37(47-43(53)55-27-33-21-13-7-14-22-33)41(51)45-35(25-31-17-9-5-10-18-31)39(49)40(50)36(26-32-19-11-6-12-20-32)46-42(52)38(30(3)4)48-44(54)56-28-34-23-15-8-16-24-34/h5-24,29-30,35-40,49-50H,25-28H2,1-4H3,(H,45,51)(H,46,52)(H,47,53)(H,48,54)/t35?,36?,37-,38-,39?,40?/m0/s1. The van der Waals surface area contributed by atoms with Gasteiger partial charge in [0.1, 0.15) is 37.5 Å². The van der Waals surface area contributed by atoms with Crippen LogP contribution in [-0.4, -0.2) is 70.6 Å². The maximum Gasteiger partial charge on any atom is 0.408 e. The van der Waals surface area contributed by atoms with Crippen molar-refractivity contribution < 1.29 is 38.9 Å². The van der Waals surface area contributed by atoms with Gasteiger partial charge in [-0.1, -0.05) is 149 Å². The average molecular weight is 767 g/mol. The number of rotatable bonds is 19. The Bertz CT molecular complexity index is 1660. The highest BCUT2D eigenvalue weighted by atomic mass is 16.6. The lowest BCUT2D eigenvalue weighted by molar-refractivity contribution is -0.129. The molecule has 0 spiro atoms. The summed E-state index contributed by atoms with van der Waals surface area (Å²) < 4.78 is 10.7. The van der Waals surface area contributed by atoms with Gasteiger partial charge in [-0.2, -0.15) is 0 Å². The first kappa shape index (κ1) is 43.0. The number of hydrogen-bond donors (Lipinski definition) is 6. The van der Waals surface area contributed by atoms with E-state index in [9.17, 15) is 29.4 Å². The van der Waals surface area contributed by atoms with Gasteiger partial charge < -0.3 is 41.0 Å². The zero-order valence-electron chi connectivity index (χ0n) is 32.3. The van der Waals surface area contributed by atoms with E-state index in [1.165, 1.54) is 0 Å². The second-order valence-corrected chi connectivity index (χ2v) is 14.4. The predicted molar refractivity (Wildman–Crippen MR) is 213 cm³/mol. The third kappa shape index (κ3) is 13.8. The van der Waals surface area contributed by atoms with Crippen molar-refractivity contribution in [2.75, 3.05) is 0 Å². The van der Waals surface area contributed by atoms with Crippen molar-refractivity contribution in [1.82, 2.24) is 21.3 Å². The third-order valence-corrected chi connectivity index (χ3v) is 9.30. The quantitative estimate of drug-likeness (QED) is 0.0768. The molecule has 0 saturated heterocycles. The van der Waals surface area contributed by atoms with Crippen LogP contribution in [0.4, 0.5) is 9.59 Å². The minimum atomic E-state index is -1.60. The molecule has 6 atom stereocenters. The van der Waals surface area contributed by atoms with E-state index >= 15 is 0 Å². The molecule has 4 aromatic carbocycles. The van der Waals surface area contributed by atoms with Crippen LogP contribution < -0.4 is 21.3 Å². The fourth-order valence-corrected chi connectivity index (χ4v) is 6.12. The molecular formula is C44H54N4O8. The second kappa shape index (κ2) is 22.0. The monoisotopic (exact) mass is 766 g/mol. The molecule has 12 nitrogen and oxygen atoms in total. The lowest BCUT2D eigenvalue weighted by Crippen LogP contribution is -2.61.